The van der Waals surface area contributed by atoms with Gasteiger partial charge in [0.1, 0.15) is 5.75 Å². The average molecular weight is 360 g/mol. The minimum Gasteiger partial charge on any atom is -0.497 e. The molecule has 26 heavy (non-hydrogen) atoms. The van der Waals surface area contributed by atoms with Crippen molar-refractivity contribution in [1.29, 1.82) is 0 Å². The number of carbonyl (C=O) groups is 2. The van der Waals surface area contributed by atoms with Crippen molar-refractivity contribution in [1.82, 2.24) is 10.2 Å². The molecule has 1 fully saturated rings. The van der Waals surface area contributed by atoms with Gasteiger partial charge in [-0.25, -0.2) is 8.78 Å². The SMILES string of the molecule is COc1ccc(CNC(=O)C2CN(C(=O)c3ccc(F)c(F)c3)C2)cc1. The molecular weight excluding hydrogens is 342 g/mol. The standard InChI is InChI=1S/C19H18F2N2O3/c1-26-15-5-2-12(3-6-15)9-22-18(24)14-10-23(11-14)19(25)13-4-7-16(20)17(21)8-13/h2-8,14H,9-11H2,1H3,(H,22,24). The lowest BCUT2D eigenvalue weighted by atomic mass is 9.97. The van der Waals surface area contributed by atoms with Gasteiger partial charge in [-0.1, -0.05) is 12.1 Å². The van der Waals surface area contributed by atoms with E-state index >= 15 is 0 Å². The third kappa shape index (κ3) is 3.82. The lowest BCUT2D eigenvalue weighted by Gasteiger charge is -2.38. The normalized spacial score (nSPS) is 13.9. The summed E-state index contributed by atoms with van der Waals surface area (Å²) in [5, 5.41) is 2.83. The van der Waals surface area contributed by atoms with Crippen LogP contribution in [0.25, 0.3) is 0 Å². The quantitative estimate of drug-likeness (QED) is 0.891. The van der Waals surface area contributed by atoms with Crippen LogP contribution in [0.5, 0.6) is 5.75 Å². The van der Waals surface area contributed by atoms with Crippen LogP contribution in [0.3, 0.4) is 0 Å². The van der Waals surface area contributed by atoms with Gasteiger partial charge in [0.05, 0.1) is 13.0 Å². The summed E-state index contributed by atoms with van der Waals surface area (Å²) in [4.78, 5) is 25.8. The van der Waals surface area contributed by atoms with E-state index in [4.69, 9.17) is 4.74 Å². The Morgan fingerprint density at radius 3 is 2.42 bits per heavy atom. The van der Waals surface area contributed by atoms with Crippen LogP contribution in [0.15, 0.2) is 42.5 Å². The van der Waals surface area contributed by atoms with Gasteiger partial charge in [0.15, 0.2) is 11.6 Å². The van der Waals surface area contributed by atoms with E-state index in [1.807, 2.05) is 24.3 Å². The number of hydrogen-bond acceptors (Lipinski definition) is 3. The molecule has 2 aromatic rings. The van der Waals surface area contributed by atoms with Gasteiger partial charge in [0.25, 0.3) is 5.91 Å². The number of rotatable bonds is 5. The molecule has 0 bridgehead atoms. The Hall–Kier alpha value is -2.96. The molecule has 7 heteroatoms. The number of likely N-dealkylation sites (tertiary alicyclic amines) is 1. The zero-order chi connectivity index (χ0) is 18.7. The number of benzene rings is 2. The number of halogens is 2. The molecule has 0 atom stereocenters. The Labute approximate surface area is 149 Å². The second-order valence-corrected chi connectivity index (χ2v) is 6.10. The summed E-state index contributed by atoms with van der Waals surface area (Å²) < 4.78 is 31.2. The number of amides is 2. The van der Waals surface area contributed by atoms with Crippen LogP contribution in [0.4, 0.5) is 8.78 Å². The molecule has 2 amide bonds. The molecule has 2 aromatic carbocycles. The van der Waals surface area contributed by atoms with Crippen molar-refractivity contribution < 1.29 is 23.1 Å². The Morgan fingerprint density at radius 2 is 1.81 bits per heavy atom. The molecule has 1 saturated heterocycles. The highest BCUT2D eigenvalue weighted by Crippen LogP contribution is 2.20. The van der Waals surface area contributed by atoms with Crippen LogP contribution in [-0.4, -0.2) is 36.9 Å². The van der Waals surface area contributed by atoms with E-state index in [2.05, 4.69) is 5.32 Å². The fourth-order valence-electron chi connectivity index (χ4n) is 2.70. The van der Waals surface area contributed by atoms with Crippen molar-refractivity contribution in [2.45, 2.75) is 6.54 Å². The molecule has 1 aliphatic rings. The Balaban J connectivity index is 1.48. The van der Waals surface area contributed by atoms with Crippen molar-refractivity contribution in [3.8, 4) is 5.75 Å². The van der Waals surface area contributed by atoms with Gasteiger partial charge >= 0.3 is 0 Å². The van der Waals surface area contributed by atoms with Crippen molar-refractivity contribution in [2.75, 3.05) is 20.2 Å². The van der Waals surface area contributed by atoms with E-state index in [1.165, 1.54) is 11.0 Å². The Morgan fingerprint density at radius 1 is 1.12 bits per heavy atom. The number of carbonyl (C=O) groups excluding carboxylic acids is 2. The van der Waals surface area contributed by atoms with E-state index in [0.717, 1.165) is 23.4 Å². The van der Waals surface area contributed by atoms with Crippen LogP contribution >= 0.6 is 0 Å². The van der Waals surface area contributed by atoms with Crippen LogP contribution in [0.1, 0.15) is 15.9 Å². The highest BCUT2D eigenvalue weighted by Gasteiger charge is 2.36. The minimum absolute atomic E-state index is 0.0704. The van der Waals surface area contributed by atoms with E-state index in [1.54, 1.807) is 7.11 Å². The predicted octanol–water partition coefficient (Wildman–Crippen LogP) is 2.36. The molecule has 0 aromatic heterocycles. The largest absolute Gasteiger partial charge is 0.497 e. The maximum atomic E-state index is 13.2. The molecule has 0 spiro atoms. The third-order valence-electron chi connectivity index (χ3n) is 4.33. The number of nitrogens with zero attached hydrogens (tertiary/aromatic N) is 1. The first kappa shape index (κ1) is 17.8. The van der Waals surface area contributed by atoms with Gasteiger partial charge in [-0.05, 0) is 35.9 Å². The van der Waals surface area contributed by atoms with Crippen molar-refractivity contribution >= 4 is 11.8 Å². The zero-order valence-corrected chi connectivity index (χ0v) is 14.2. The van der Waals surface area contributed by atoms with Gasteiger partial charge in [-0.15, -0.1) is 0 Å². The lowest BCUT2D eigenvalue weighted by molar-refractivity contribution is -0.129. The zero-order valence-electron chi connectivity index (χ0n) is 14.2. The highest BCUT2D eigenvalue weighted by atomic mass is 19.2. The minimum atomic E-state index is -1.06. The first-order valence-electron chi connectivity index (χ1n) is 8.13. The number of nitrogens with one attached hydrogen (secondary N) is 1. The summed E-state index contributed by atoms with van der Waals surface area (Å²) in [5.41, 5.74) is 1.01. The van der Waals surface area contributed by atoms with Gasteiger partial charge in [0.2, 0.25) is 5.91 Å². The molecule has 0 saturated carbocycles. The van der Waals surface area contributed by atoms with Crippen molar-refractivity contribution in [3.63, 3.8) is 0 Å². The van der Waals surface area contributed by atoms with Crippen molar-refractivity contribution in [2.24, 2.45) is 5.92 Å². The van der Waals surface area contributed by atoms with Crippen molar-refractivity contribution in [3.05, 3.63) is 65.2 Å². The summed E-state index contributed by atoms with van der Waals surface area (Å²) in [6, 6.07) is 10.4. The molecule has 1 heterocycles. The third-order valence-corrected chi connectivity index (χ3v) is 4.33. The molecule has 5 nitrogen and oxygen atoms in total. The average Bonchev–Trinajstić information content (AvgIpc) is 2.61. The van der Waals surface area contributed by atoms with E-state index in [0.29, 0.717) is 6.54 Å². The highest BCUT2D eigenvalue weighted by molar-refractivity contribution is 5.96. The number of hydrogen-bond donors (Lipinski definition) is 1. The Kier molecular flexibility index (Phi) is 5.16. The first-order valence-corrected chi connectivity index (χ1v) is 8.13. The van der Waals surface area contributed by atoms with Gasteiger partial charge in [0, 0.05) is 25.2 Å². The summed E-state index contributed by atoms with van der Waals surface area (Å²) in [5.74, 6) is -2.18. The summed E-state index contributed by atoms with van der Waals surface area (Å²) >= 11 is 0. The maximum absolute atomic E-state index is 13.2. The topological polar surface area (TPSA) is 58.6 Å². The fraction of sp³-hybridized carbons (Fsp3) is 0.263. The molecule has 0 aliphatic carbocycles. The van der Waals surface area contributed by atoms with E-state index < -0.39 is 17.5 Å². The molecule has 0 radical (unpaired) electrons. The molecule has 1 N–H and O–H groups in total. The van der Waals surface area contributed by atoms with Gasteiger partial charge < -0.3 is 15.0 Å². The van der Waals surface area contributed by atoms with Gasteiger partial charge in [-0.3, -0.25) is 9.59 Å². The second kappa shape index (κ2) is 7.51. The summed E-state index contributed by atoms with van der Waals surface area (Å²) in [6.07, 6.45) is 0. The maximum Gasteiger partial charge on any atom is 0.254 e. The van der Waals surface area contributed by atoms with Crippen LogP contribution < -0.4 is 10.1 Å². The van der Waals surface area contributed by atoms with Crippen LogP contribution in [-0.2, 0) is 11.3 Å². The number of ether oxygens (including phenoxy) is 1. The van der Waals surface area contributed by atoms with Crippen LogP contribution in [0, 0.1) is 17.6 Å². The molecule has 1 aliphatic heterocycles. The summed E-state index contributed by atoms with van der Waals surface area (Å²) in [6.45, 7) is 0.898. The smallest absolute Gasteiger partial charge is 0.254 e. The van der Waals surface area contributed by atoms with Gasteiger partial charge in [-0.2, -0.15) is 0 Å². The number of methoxy groups -OCH3 is 1. The lowest BCUT2D eigenvalue weighted by Crippen LogP contribution is -2.55. The fourth-order valence-corrected chi connectivity index (χ4v) is 2.70. The Bertz CT molecular complexity index is 818. The van der Waals surface area contributed by atoms with E-state index in [9.17, 15) is 18.4 Å². The van der Waals surface area contributed by atoms with E-state index in [-0.39, 0.29) is 30.5 Å². The summed E-state index contributed by atoms with van der Waals surface area (Å²) in [7, 11) is 1.58. The molecule has 136 valence electrons. The molecule has 0 unspecified atom stereocenters. The molecular formula is C19H18F2N2O3. The van der Waals surface area contributed by atoms with Crippen LogP contribution in [0.2, 0.25) is 0 Å². The first-order chi connectivity index (χ1) is 12.5. The molecule has 3 rings (SSSR count). The predicted molar refractivity (Wildman–Crippen MR) is 90.6 cm³/mol. The monoisotopic (exact) mass is 360 g/mol. The second-order valence-electron chi connectivity index (χ2n) is 6.10.